The molecular weight excluding hydrogens is 789 g/mol. The summed E-state index contributed by atoms with van der Waals surface area (Å²) < 4.78 is 0. The van der Waals surface area contributed by atoms with Gasteiger partial charge < -0.3 is 30.7 Å². The molecule has 16 nitrogen and oxygen atoms in total. The van der Waals surface area contributed by atoms with Gasteiger partial charge in [-0.25, -0.2) is 14.8 Å². The van der Waals surface area contributed by atoms with E-state index in [4.69, 9.17) is 10.7 Å². The van der Waals surface area contributed by atoms with Crippen LogP contribution in [0.25, 0.3) is 0 Å². The molecule has 2 aromatic carbocycles. The largest absolute Gasteiger partial charge is 0.382 e. The van der Waals surface area contributed by atoms with Crippen molar-refractivity contribution in [1.82, 2.24) is 34.9 Å². The van der Waals surface area contributed by atoms with E-state index in [0.717, 1.165) is 101 Å². The minimum atomic E-state index is -0.985. The maximum Gasteiger partial charge on any atom is 0.320 e. The summed E-state index contributed by atoms with van der Waals surface area (Å²) in [6.07, 6.45) is 10.4. The fourth-order valence-corrected chi connectivity index (χ4v) is 10.6. The Hall–Kier alpha value is -5.90. The molecule has 5 fully saturated rings. The first-order valence-electron chi connectivity index (χ1n) is 22.4. The van der Waals surface area contributed by atoms with Crippen LogP contribution in [-0.2, 0) is 16.0 Å². The predicted molar refractivity (Wildman–Crippen MR) is 231 cm³/mol. The summed E-state index contributed by atoms with van der Waals surface area (Å²) in [6.45, 7) is 6.12. The molecule has 4 N–H and O–H groups in total. The van der Waals surface area contributed by atoms with Gasteiger partial charge in [0.2, 0.25) is 11.8 Å². The zero-order valence-corrected chi connectivity index (χ0v) is 35.4. The Morgan fingerprint density at radius 2 is 1.65 bits per heavy atom. The lowest BCUT2D eigenvalue weighted by atomic mass is 9.84. The molecule has 7 amide bonds. The van der Waals surface area contributed by atoms with Crippen LogP contribution >= 0.6 is 0 Å². The van der Waals surface area contributed by atoms with E-state index in [9.17, 15) is 28.8 Å². The van der Waals surface area contributed by atoms with E-state index >= 15 is 0 Å². The number of amides is 7. The number of nitrogens with zero attached hydrogens (tertiary/aromatic N) is 7. The Morgan fingerprint density at radius 3 is 2.35 bits per heavy atom. The third kappa shape index (κ3) is 8.36. The molecule has 0 radical (unpaired) electrons. The van der Waals surface area contributed by atoms with Gasteiger partial charge in [0.05, 0.1) is 29.1 Å². The third-order valence-electron chi connectivity index (χ3n) is 14.1. The van der Waals surface area contributed by atoms with E-state index in [0.29, 0.717) is 53.1 Å². The third-order valence-corrected chi connectivity index (χ3v) is 14.1. The Kier molecular flexibility index (Phi) is 11.7. The highest BCUT2D eigenvalue weighted by atomic mass is 16.2. The molecule has 16 heteroatoms. The minimum Gasteiger partial charge on any atom is -0.382 e. The van der Waals surface area contributed by atoms with Gasteiger partial charge in [-0.15, -0.1) is 0 Å². The van der Waals surface area contributed by atoms with E-state index in [1.807, 2.05) is 18.0 Å². The number of carbonyl (C=O) groups is 6. The van der Waals surface area contributed by atoms with E-state index in [1.54, 1.807) is 23.2 Å². The van der Waals surface area contributed by atoms with Gasteiger partial charge in [-0.3, -0.25) is 34.2 Å². The topological polar surface area (TPSA) is 194 Å². The quantitative estimate of drug-likeness (QED) is 0.238. The number of anilines is 2. The Labute approximate surface area is 361 Å². The van der Waals surface area contributed by atoms with E-state index in [2.05, 4.69) is 49.7 Å². The summed E-state index contributed by atoms with van der Waals surface area (Å²) in [7, 11) is 1.84. The number of fused-ring (bicyclic) bond motifs is 1. The first-order chi connectivity index (χ1) is 30.0. The lowest BCUT2D eigenvalue weighted by molar-refractivity contribution is -0.136. The Balaban J connectivity index is 0.748. The second-order valence-electron chi connectivity index (χ2n) is 18.1. The molecule has 9 rings (SSSR count). The summed E-state index contributed by atoms with van der Waals surface area (Å²) in [5.41, 5.74) is 10.1. The van der Waals surface area contributed by atoms with Gasteiger partial charge in [-0.1, -0.05) is 30.3 Å². The van der Waals surface area contributed by atoms with Crippen LogP contribution < -0.4 is 21.3 Å². The zero-order chi connectivity index (χ0) is 43.1. The van der Waals surface area contributed by atoms with Gasteiger partial charge in [0.1, 0.15) is 17.6 Å². The molecule has 3 aromatic rings. The van der Waals surface area contributed by atoms with Crippen LogP contribution in [0.2, 0.25) is 0 Å². The summed E-state index contributed by atoms with van der Waals surface area (Å²) in [5, 5.41) is 5.83. The van der Waals surface area contributed by atoms with Crippen molar-refractivity contribution >= 4 is 47.1 Å². The van der Waals surface area contributed by atoms with Crippen LogP contribution in [0.3, 0.4) is 0 Å². The van der Waals surface area contributed by atoms with E-state index in [-0.39, 0.29) is 36.7 Å². The summed E-state index contributed by atoms with van der Waals surface area (Å²) in [4.78, 5) is 95.2. The van der Waals surface area contributed by atoms with Crippen molar-refractivity contribution in [3.05, 3.63) is 82.3 Å². The minimum absolute atomic E-state index is 0.0744. The van der Waals surface area contributed by atoms with Crippen LogP contribution in [0.15, 0.2) is 48.7 Å². The summed E-state index contributed by atoms with van der Waals surface area (Å²) >= 11 is 0. The van der Waals surface area contributed by atoms with Crippen molar-refractivity contribution < 1.29 is 28.8 Å². The van der Waals surface area contributed by atoms with Gasteiger partial charge in [0, 0.05) is 64.3 Å². The molecular formula is C46H56N10O6. The number of hydrogen-bond donors (Lipinski definition) is 3. The Bertz CT molecular complexity index is 2250. The zero-order valence-electron chi connectivity index (χ0n) is 35.4. The first kappa shape index (κ1) is 41.5. The fraction of sp³-hybridized carbons (Fsp3) is 0.522. The van der Waals surface area contributed by atoms with Crippen LogP contribution in [0.5, 0.6) is 0 Å². The first-order valence-corrected chi connectivity index (χ1v) is 22.4. The number of hydrogen-bond acceptors (Lipinski definition) is 11. The number of likely N-dealkylation sites (tertiary alicyclic amines) is 1. The molecule has 1 saturated carbocycles. The molecule has 0 spiro atoms. The number of rotatable bonds is 11. The monoisotopic (exact) mass is 844 g/mol. The van der Waals surface area contributed by atoms with Crippen molar-refractivity contribution in [2.75, 3.05) is 63.1 Å². The van der Waals surface area contributed by atoms with Crippen molar-refractivity contribution in [3.63, 3.8) is 0 Å². The van der Waals surface area contributed by atoms with Gasteiger partial charge in [-0.05, 0) is 106 Å². The molecule has 1 unspecified atom stereocenters. The molecule has 1 aliphatic carbocycles. The molecule has 326 valence electrons. The number of imide groups is 2. The second kappa shape index (κ2) is 17.5. The maximum atomic E-state index is 13.6. The van der Waals surface area contributed by atoms with Crippen LogP contribution in [0.1, 0.15) is 118 Å². The standard InChI is InChI=1S/C46H56N10O6/c1-52-22-23-55(46(52)62)33-4-3-19-54(27-33)38-25-48-41(42(47)58)36(50-38)24-28-7-11-30(12-8-28)31-17-20-53(21-18-31)26-29-9-13-32(14-10-29)49-35-6-2-5-34-40(35)45(61)56(44(34)60)37-15-16-39(57)51-43(37)59/h2,5-8,11-12,25,29,31-33,37,49H,3-4,9-10,13-24,26-27H2,1H3,(H2,47,58)(H,51,57,59)/t29?,32?,33-,37?/m1/s1. The van der Waals surface area contributed by atoms with Gasteiger partial charge in [0.15, 0.2) is 0 Å². The van der Waals surface area contributed by atoms with Crippen LogP contribution in [-0.4, -0.2) is 136 Å². The number of nitrogens with one attached hydrogen (secondary N) is 2. The highest BCUT2D eigenvalue weighted by molar-refractivity contribution is 6.25. The Morgan fingerprint density at radius 1 is 0.871 bits per heavy atom. The number of urea groups is 1. The molecule has 5 aliphatic heterocycles. The van der Waals surface area contributed by atoms with Gasteiger partial charge in [-0.2, -0.15) is 0 Å². The van der Waals surface area contributed by atoms with Crippen molar-refractivity contribution in [2.45, 2.75) is 94.7 Å². The summed E-state index contributed by atoms with van der Waals surface area (Å²) in [5.74, 6) is -0.795. The lowest BCUT2D eigenvalue weighted by Crippen LogP contribution is -2.54. The van der Waals surface area contributed by atoms with Gasteiger partial charge in [0.25, 0.3) is 17.7 Å². The van der Waals surface area contributed by atoms with Gasteiger partial charge >= 0.3 is 6.03 Å². The fourth-order valence-electron chi connectivity index (χ4n) is 10.6. The highest BCUT2D eigenvalue weighted by Gasteiger charge is 2.46. The number of aromatic nitrogens is 2. The molecule has 6 aliphatic rings. The molecule has 1 aromatic heterocycles. The number of piperidine rings is 3. The average molecular weight is 845 g/mol. The molecule has 6 heterocycles. The van der Waals surface area contributed by atoms with Crippen molar-refractivity contribution in [2.24, 2.45) is 11.7 Å². The highest BCUT2D eigenvalue weighted by Crippen LogP contribution is 2.36. The number of nitrogens with two attached hydrogens (primary N) is 1. The van der Waals surface area contributed by atoms with Crippen LogP contribution in [0, 0.1) is 5.92 Å². The number of primary amides is 1. The number of likely N-dealkylation sites (N-methyl/N-ethyl adjacent to an activating group) is 1. The van der Waals surface area contributed by atoms with E-state index in [1.165, 1.54) is 5.56 Å². The summed E-state index contributed by atoms with van der Waals surface area (Å²) in [6, 6.07) is 13.3. The maximum absolute atomic E-state index is 13.6. The SMILES string of the molecule is CN1CCN([C@@H]2CCCN(c3cnc(C(N)=O)c(Cc4ccc(C5CCN(CC6CCC(Nc7cccc8c7C(=O)N(C7CCC(=O)NC7=O)C8=O)CC6)CC5)cc4)n3)C2)C1=O. The molecule has 4 saturated heterocycles. The van der Waals surface area contributed by atoms with E-state index < -0.39 is 35.6 Å². The second-order valence-corrected chi connectivity index (χ2v) is 18.1. The number of benzene rings is 2. The normalized spacial score (nSPS) is 25.1. The van der Waals surface area contributed by atoms with Crippen molar-refractivity contribution in [3.8, 4) is 0 Å². The van der Waals surface area contributed by atoms with Crippen molar-refractivity contribution in [1.29, 1.82) is 0 Å². The predicted octanol–water partition coefficient (Wildman–Crippen LogP) is 3.75. The lowest BCUT2D eigenvalue weighted by Gasteiger charge is -2.37. The molecule has 2 atom stereocenters. The smallest absolute Gasteiger partial charge is 0.320 e. The number of carbonyl (C=O) groups excluding carboxylic acids is 6. The average Bonchev–Trinajstić information content (AvgIpc) is 3.75. The molecule has 62 heavy (non-hydrogen) atoms. The van der Waals surface area contributed by atoms with Crippen LogP contribution in [0.4, 0.5) is 16.3 Å². The molecule has 0 bridgehead atoms.